The summed E-state index contributed by atoms with van der Waals surface area (Å²) in [6.07, 6.45) is 0.190. The molecule has 2 N–H and O–H groups in total. The van der Waals surface area contributed by atoms with Gasteiger partial charge in [0.1, 0.15) is 10.8 Å². The van der Waals surface area contributed by atoms with Gasteiger partial charge in [-0.15, -0.1) is 0 Å². The van der Waals surface area contributed by atoms with Crippen LogP contribution < -0.4 is 5.73 Å². The van der Waals surface area contributed by atoms with Crippen LogP contribution in [0, 0.1) is 11.2 Å². The Hall–Kier alpha value is -1.82. The Morgan fingerprint density at radius 1 is 1.45 bits per heavy atom. The van der Waals surface area contributed by atoms with Crippen molar-refractivity contribution in [1.29, 1.82) is 0 Å². The molecule has 1 fully saturated rings. The zero-order valence-electron chi connectivity index (χ0n) is 11.3. The van der Waals surface area contributed by atoms with Crippen molar-refractivity contribution in [3.63, 3.8) is 0 Å². The Morgan fingerprint density at radius 2 is 2.10 bits per heavy atom. The minimum atomic E-state index is -0.677. The number of halogens is 1. The Balaban J connectivity index is 2.27. The molecule has 0 atom stereocenters. The quantitative estimate of drug-likeness (QED) is 0.681. The van der Waals surface area contributed by atoms with Gasteiger partial charge in [-0.3, -0.25) is 14.5 Å². The summed E-state index contributed by atoms with van der Waals surface area (Å²) in [4.78, 5) is 25.1. The molecule has 0 aromatic heterocycles. The summed E-state index contributed by atoms with van der Waals surface area (Å²) in [5.41, 5.74) is 5.50. The Morgan fingerprint density at radius 3 is 2.60 bits per heavy atom. The molecular formula is C14H15FN2O2S. The number of nitrogens with two attached hydrogens (primary N) is 1. The van der Waals surface area contributed by atoms with Crippen LogP contribution in [-0.2, 0) is 16.1 Å². The Kier molecular flexibility index (Phi) is 3.60. The van der Waals surface area contributed by atoms with E-state index in [1.165, 1.54) is 23.1 Å². The molecule has 4 nitrogen and oxygen atoms in total. The molecule has 0 aliphatic carbocycles. The van der Waals surface area contributed by atoms with Gasteiger partial charge in [0, 0.05) is 12.0 Å². The number of likely N-dealkylation sites (tertiary alicyclic amines) is 1. The second kappa shape index (κ2) is 4.94. The van der Waals surface area contributed by atoms with Gasteiger partial charge in [0.25, 0.3) is 0 Å². The van der Waals surface area contributed by atoms with Crippen molar-refractivity contribution in [3.05, 3.63) is 35.1 Å². The number of benzene rings is 1. The lowest BCUT2D eigenvalue weighted by molar-refractivity contribution is -0.141. The van der Waals surface area contributed by atoms with Gasteiger partial charge in [0.15, 0.2) is 0 Å². The number of amides is 2. The lowest BCUT2D eigenvalue weighted by Gasteiger charge is -2.18. The molecule has 0 spiro atoms. The fourth-order valence-electron chi connectivity index (χ4n) is 2.23. The van der Waals surface area contributed by atoms with Gasteiger partial charge in [0.2, 0.25) is 11.8 Å². The highest BCUT2D eigenvalue weighted by molar-refractivity contribution is 7.80. The number of nitrogens with zero attached hydrogens (tertiary/aromatic N) is 1. The lowest BCUT2D eigenvalue weighted by Crippen LogP contribution is -2.32. The molecule has 1 aromatic rings. The molecule has 1 heterocycles. The monoisotopic (exact) mass is 294 g/mol. The van der Waals surface area contributed by atoms with Gasteiger partial charge in [-0.05, 0) is 17.7 Å². The predicted octanol–water partition coefficient (Wildman–Crippen LogP) is 1.75. The third kappa shape index (κ3) is 2.56. The minimum absolute atomic E-state index is 0.0521. The molecule has 1 aliphatic heterocycles. The van der Waals surface area contributed by atoms with Crippen molar-refractivity contribution in [2.75, 3.05) is 0 Å². The first-order chi connectivity index (χ1) is 9.22. The average molecular weight is 294 g/mol. The number of hydrogen-bond donors (Lipinski definition) is 1. The van der Waals surface area contributed by atoms with E-state index in [4.69, 9.17) is 18.0 Å². The van der Waals surface area contributed by atoms with Crippen LogP contribution in [0.5, 0.6) is 0 Å². The second-order valence-corrected chi connectivity index (χ2v) is 5.96. The van der Waals surface area contributed by atoms with Crippen LogP contribution >= 0.6 is 12.2 Å². The van der Waals surface area contributed by atoms with Crippen molar-refractivity contribution in [3.8, 4) is 0 Å². The summed E-state index contributed by atoms with van der Waals surface area (Å²) in [5, 5.41) is 0. The van der Waals surface area contributed by atoms with Crippen LogP contribution in [0.4, 0.5) is 4.39 Å². The van der Waals surface area contributed by atoms with E-state index in [9.17, 15) is 14.0 Å². The first-order valence-corrected chi connectivity index (χ1v) is 6.56. The first kappa shape index (κ1) is 14.6. The van der Waals surface area contributed by atoms with Crippen LogP contribution in [0.15, 0.2) is 18.2 Å². The zero-order valence-corrected chi connectivity index (χ0v) is 12.1. The van der Waals surface area contributed by atoms with Crippen LogP contribution in [-0.4, -0.2) is 21.7 Å². The number of carbonyl (C=O) groups is 2. The fourth-order valence-corrected chi connectivity index (χ4v) is 2.39. The molecule has 106 valence electrons. The second-order valence-electron chi connectivity index (χ2n) is 5.52. The van der Waals surface area contributed by atoms with Crippen LogP contribution in [0.3, 0.4) is 0 Å². The highest BCUT2D eigenvalue weighted by atomic mass is 32.1. The van der Waals surface area contributed by atoms with Gasteiger partial charge in [0.05, 0.1) is 12.0 Å². The number of carbonyl (C=O) groups excluding carboxylic acids is 2. The van der Waals surface area contributed by atoms with Crippen molar-refractivity contribution in [2.45, 2.75) is 26.8 Å². The van der Waals surface area contributed by atoms with Gasteiger partial charge >= 0.3 is 0 Å². The molecule has 1 saturated heterocycles. The maximum atomic E-state index is 13.5. The van der Waals surface area contributed by atoms with Crippen LogP contribution in [0.1, 0.15) is 31.4 Å². The van der Waals surface area contributed by atoms with E-state index in [1.807, 2.05) is 0 Å². The summed E-state index contributed by atoms with van der Waals surface area (Å²) in [7, 11) is 0. The molecule has 0 saturated carbocycles. The Labute approximate surface area is 121 Å². The van der Waals surface area contributed by atoms with E-state index < -0.39 is 11.2 Å². The van der Waals surface area contributed by atoms with E-state index in [-0.39, 0.29) is 35.3 Å². The van der Waals surface area contributed by atoms with E-state index in [2.05, 4.69) is 0 Å². The summed E-state index contributed by atoms with van der Waals surface area (Å²) in [5.74, 6) is -0.953. The normalized spacial score (nSPS) is 17.6. The summed E-state index contributed by atoms with van der Waals surface area (Å²) in [6, 6.07) is 4.23. The minimum Gasteiger partial charge on any atom is -0.389 e. The summed E-state index contributed by atoms with van der Waals surface area (Å²) < 4.78 is 13.5. The third-order valence-electron chi connectivity index (χ3n) is 3.36. The fraction of sp³-hybridized carbons (Fsp3) is 0.357. The van der Waals surface area contributed by atoms with E-state index in [1.54, 1.807) is 13.8 Å². The molecule has 20 heavy (non-hydrogen) atoms. The van der Waals surface area contributed by atoms with Gasteiger partial charge < -0.3 is 5.73 Å². The first-order valence-electron chi connectivity index (χ1n) is 6.15. The molecule has 2 amide bonds. The van der Waals surface area contributed by atoms with Crippen molar-refractivity contribution in [2.24, 2.45) is 11.1 Å². The predicted molar refractivity (Wildman–Crippen MR) is 76.2 cm³/mol. The topological polar surface area (TPSA) is 63.4 Å². The average Bonchev–Trinajstić information content (AvgIpc) is 2.53. The SMILES string of the molecule is CC1(C)CC(=O)N(Cc2ccc(F)c(C(N)=S)c2)C1=O. The zero-order chi connectivity index (χ0) is 15.1. The number of rotatable bonds is 3. The largest absolute Gasteiger partial charge is 0.389 e. The molecule has 0 radical (unpaired) electrons. The standard InChI is InChI=1S/C14H15FN2O2S/c1-14(2)6-11(18)17(13(14)19)7-8-3-4-10(15)9(5-8)12(16)20/h3-5H,6-7H2,1-2H3,(H2,16,20). The summed E-state index contributed by atoms with van der Waals surface area (Å²) >= 11 is 4.76. The van der Waals surface area contributed by atoms with E-state index in [0.29, 0.717) is 5.56 Å². The van der Waals surface area contributed by atoms with Gasteiger partial charge in [-0.2, -0.15) is 0 Å². The maximum absolute atomic E-state index is 13.5. The van der Waals surface area contributed by atoms with Gasteiger partial charge in [-0.25, -0.2) is 4.39 Å². The van der Waals surface area contributed by atoms with Crippen molar-refractivity contribution < 1.29 is 14.0 Å². The lowest BCUT2D eigenvalue weighted by atomic mass is 9.92. The molecule has 0 bridgehead atoms. The number of hydrogen-bond acceptors (Lipinski definition) is 3. The van der Waals surface area contributed by atoms with Gasteiger partial charge in [-0.1, -0.05) is 32.1 Å². The summed E-state index contributed by atoms with van der Waals surface area (Å²) in [6.45, 7) is 3.58. The highest BCUT2D eigenvalue weighted by Gasteiger charge is 2.44. The number of imide groups is 1. The maximum Gasteiger partial charge on any atom is 0.235 e. The molecule has 1 aromatic carbocycles. The van der Waals surface area contributed by atoms with Crippen LogP contribution in [0.25, 0.3) is 0 Å². The van der Waals surface area contributed by atoms with Crippen molar-refractivity contribution in [1.82, 2.24) is 4.90 Å². The molecular weight excluding hydrogens is 279 g/mol. The number of thiocarbonyl (C=S) groups is 1. The molecule has 6 heteroatoms. The third-order valence-corrected chi connectivity index (χ3v) is 3.58. The van der Waals surface area contributed by atoms with Crippen LogP contribution in [0.2, 0.25) is 0 Å². The van der Waals surface area contributed by atoms with E-state index >= 15 is 0 Å². The molecule has 2 rings (SSSR count). The molecule has 0 unspecified atom stereocenters. The smallest absolute Gasteiger partial charge is 0.235 e. The van der Waals surface area contributed by atoms with E-state index in [0.717, 1.165) is 0 Å². The van der Waals surface area contributed by atoms with Crippen molar-refractivity contribution >= 4 is 29.0 Å². The Bertz CT molecular complexity index is 613. The highest BCUT2D eigenvalue weighted by Crippen LogP contribution is 2.32. The molecule has 1 aliphatic rings.